The summed E-state index contributed by atoms with van der Waals surface area (Å²) in [4.78, 5) is 8.68. The van der Waals surface area contributed by atoms with Crippen LogP contribution in [0.1, 0.15) is 11.5 Å². The molecular formula is C11H12N4OS. The SMILES string of the molecule is COc1cccc(Cn2ccnc2C(N)=S)n1. The van der Waals surface area contributed by atoms with E-state index in [1.807, 2.05) is 22.9 Å². The Morgan fingerprint density at radius 1 is 1.53 bits per heavy atom. The molecular weight excluding hydrogens is 236 g/mol. The fourth-order valence-corrected chi connectivity index (χ4v) is 1.67. The molecule has 0 bridgehead atoms. The molecule has 88 valence electrons. The largest absolute Gasteiger partial charge is 0.481 e. The van der Waals surface area contributed by atoms with Crippen molar-refractivity contribution in [3.8, 4) is 5.88 Å². The van der Waals surface area contributed by atoms with Crippen LogP contribution in [0.25, 0.3) is 0 Å². The highest BCUT2D eigenvalue weighted by Crippen LogP contribution is 2.09. The summed E-state index contributed by atoms with van der Waals surface area (Å²) in [5, 5.41) is 0. The summed E-state index contributed by atoms with van der Waals surface area (Å²) < 4.78 is 6.92. The first-order chi connectivity index (χ1) is 8.20. The molecule has 2 heterocycles. The van der Waals surface area contributed by atoms with Gasteiger partial charge in [-0.05, 0) is 6.07 Å². The van der Waals surface area contributed by atoms with E-state index in [1.165, 1.54) is 0 Å². The van der Waals surface area contributed by atoms with Crippen LogP contribution in [0.3, 0.4) is 0 Å². The number of nitrogens with zero attached hydrogens (tertiary/aromatic N) is 3. The summed E-state index contributed by atoms with van der Waals surface area (Å²) in [5.74, 6) is 1.17. The lowest BCUT2D eigenvalue weighted by atomic mass is 10.3. The number of imidazole rings is 1. The number of rotatable bonds is 4. The molecule has 0 aliphatic carbocycles. The number of nitrogens with two attached hydrogens (primary N) is 1. The van der Waals surface area contributed by atoms with Crippen molar-refractivity contribution in [2.75, 3.05) is 7.11 Å². The molecule has 0 spiro atoms. The average Bonchev–Trinajstić information content (AvgIpc) is 2.77. The van der Waals surface area contributed by atoms with E-state index < -0.39 is 0 Å². The second-order valence-corrected chi connectivity index (χ2v) is 3.85. The average molecular weight is 248 g/mol. The maximum absolute atomic E-state index is 5.57. The molecule has 2 rings (SSSR count). The first kappa shape index (κ1) is 11.5. The van der Waals surface area contributed by atoms with Gasteiger partial charge in [0.1, 0.15) is 4.99 Å². The fraction of sp³-hybridized carbons (Fsp3) is 0.182. The van der Waals surface area contributed by atoms with Gasteiger partial charge in [0.2, 0.25) is 5.88 Å². The molecule has 2 aromatic heterocycles. The van der Waals surface area contributed by atoms with Crippen LogP contribution in [0, 0.1) is 0 Å². The van der Waals surface area contributed by atoms with Crippen molar-refractivity contribution in [3.05, 3.63) is 42.1 Å². The molecule has 17 heavy (non-hydrogen) atoms. The fourth-order valence-electron chi connectivity index (χ4n) is 1.50. The van der Waals surface area contributed by atoms with Gasteiger partial charge in [0.25, 0.3) is 0 Å². The number of ether oxygens (including phenoxy) is 1. The van der Waals surface area contributed by atoms with Crippen molar-refractivity contribution in [1.29, 1.82) is 0 Å². The molecule has 5 nitrogen and oxygen atoms in total. The molecule has 0 aromatic carbocycles. The standard InChI is InChI=1S/C11H12N4OS/c1-16-9-4-2-3-8(14-9)7-15-6-5-13-11(15)10(12)17/h2-6H,7H2,1H3,(H2,12,17). The van der Waals surface area contributed by atoms with Crippen LogP contribution in [0.5, 0.6) is 5.88 Å². The van der Waals surface area contributed by atoms with Gasteiger partial charge in [-0.3, -0.25) is 0 Å². The lowest BCUT2D eigenvalue weighted by Gasteiger charge is -2.07. The second-order valence-electron chi connectivity index (χ2n) is 3.41. The Morgan fingerprint density at radius 3 is 3.06 bits per heavy atom. The zero-order valence-electron chi connectivity index (χ0n) is 9.33. The summed E-state index contributed by atoms with van der Waals surface area (Å²) >= 11 is 4.92. The lowest BCUT2D eigenvalue weighted by Crippen LogP contribution is -2.17. The number of hydrogen-bond donors (Lipinski definition) is 1. The number of aromatic nitrogens is 3. The van der Waals surface area contributed by atoms with Crippen molar-refractivity contribution in [3.63, 3.8) is 0 Å². The molecule has 0 aliphatic heterocycles. The summed E-state index contributed by atoms with van der Waals surface area (Å²) in [6.45, 7) is 0.559. The van der Waals surface area contributed by atoms with Gasteiger partial charge < -0.3 is 15.0 Å². The minimum Gasteiger partial charge on any atom is -0.481 e. The number of pyridine rings is 1. The van der Waals surface area contributed by atoms with Crippen LogP contribution in [0.15, 0.2) is 30.6 Å². The second kappa shape index (κ2) is 4.92. The predicted molar refractivity (Wildman–Crippen MR) is 68.0 cm³/mol. The monoisotopic (exact) mass is 248 g/mol. The molecule has 0 saturated heterocycles. The Balaban J connectivity index is 2.25. The van der Waals surface area contributed by atoms with Crippen LogP contribution in [-0.4, -0.2) is 26.6 Å². The molecule has 2 aromatic rings. The highest BCUT2D eigenvalue weighted by atomic mass is 32.1. The van der Waals surface area contributed by atoms with Crippen molar-refractivity contribution in [2.45, 2.75) is 6.54 Å². The van der Waals surface area contributed by atoms with Gasteiger partial charge in [0.05, 0.1) is 19.3 Å². The minimum atomic E-state index is 0.276. The van der Waals surface area contributed by atoms with Gasteiger partial charge in [-0.25, -0.2) is 9.97 Å². The third kappa shape index (κ3) is 2.59. The molecule has 0 atom stereocenters. The third-order valence-electron chi connectivity index (χ3n) is 2.26. The van der Waals surface area contributed by atoms with Crippen molar-refractivity contribution in [2.24, 2.45) is 5.73 Å². The van der Waals surface area contributed by atoms with E-state index >= 15 is 0 Å². The molecule has 6 heteroatoms. The molecule has 2 N–H and O–H groups in total. The Kier molecular flexibility index (Phi) is 3.34. The quantitative estimate of drug-likeness (QED) is 0.817. The first-order valence-corrected chi connectivity index (χ1v) is 5.42. The topological polar surface area (TPSA) is 66.0 Å². The van der Waals surface area contributed by atoms with Gasteiger partial charge in [0.15, 0.2) is 5.82 Å². The van der Waals surface area contributed by atoms with Gasteiger partial charge >= 0.3 is 0 Å². The van der Waals surface area contributed by atoms with E-state index in [2.05, 4.69) is 9.97 Å². The number of methoxy groups -OCH3 is 1. The lowest BCUT2D eigenvalue weighted by molar-refractivity contribution is 0.396. The summed E-state index contributed by atoms with van der Waals surface area (Å²) in [6, 6.07) is 5.59. The van der Waals surface area contributed by atoms with Crippen LogP contribution < -0.4 is 10.5 Å². The highest BCUT2D eigenvalue weighted by Gasteiger charge is 2.06. The van der Waals surface area contributed by atoms with E-state index in [9.17, 15) is 0 Å². The normalized spacial score (nSPS) is 10.2. The van der Waals surface area contributed by atoms with Crippen LogP contribution in [-0.2, 0) is 6.54 Å². The van der Waals surface area contributed by atoms with Crippen molar-refractivity contribution >= 4 is 17.2 Å². The van der Waals surface area contributed by atoms with E-state index in [1.54, 1.807) is 19.4 Å². The molecule has 0 radical (unpaired) electrons. The summed E-state index contributed by atoms with van der Waals surface area (Å²) in [7, 11) is 1.59. The number of hydrogen-bond acceptors (Lipinski definition) is 4. The smallest absolute Gasteiger partial charge is 0.213 e. The third-order valence-corrected chi connectivity index (χ3v) is 2.44. The van der Waals surface area contributed by atoms with Gasteiger partial charge in [-0.15, -0.1) is 0 Å². The van der Waals surface area contributed by atoms with Crippen LogP contribution in [0.2, 0.25) is 0 Å². The van der Waals surface area contributed by atoms with Crippen LogP contribution in [0.4, 0.5) is 0 Å². The van der Waals surface area contributed by atoms with E-state index in [0.29, 0.717) is 18.2 Å². The highest BCUT2D eigenvalue weighted by molar-refractivity contribution is 7.80. The molecule has 0 amide bonds. The Hall–Kier alpha value is -1.95. The zero-order chi connectivity index (χ0) is 12.3. The van der Waals surface area contributed by atoms with Crippen LogP contribution >= 0.6 is 12.2 Å². The van der Waals surface area contributed by atoms with E-state index in [4.69, 9.17) is 22.7 Å². The Morgan fingerprint density at radius 2 is 2.35 bits per heavy atom. The Bertz CT molecular complexity index is 538. The predicted octanol–water partition coefficient (Wildman–Crippen LogP) is 0.969. The zero-order valence-corrected chi connectivity index (χ0v) is 10.1. The summed E-state index contributed by atoms with van der Waals surface area (Å²) in [6.07, 6.45) is 3.48. The molecule has 0 aliphatic rings. The maximum atomic E-state index is 5.57. The maximum Gasteiger partial charge on any atom is 0.213 e. The Labute approximate surface area is 104 Å². The molecule has 0 saturated carbocycles. The van der Waals surface area contributed by atoms with Gasteiger partial charge in [-0.2, -0.15) is 0 Å². The van der Waals surface area contributed by atoms with E-state index in [-0.39, 0.29) is 4.99 Å². The molecule has 0 fully saturated rings. The van der Waals surface area contributed by atoms with Crippen molar-refractivity contribution < 1.29 is 4.74 Å². The first-order valence-electron chi connectivity index (χ1n) is 5.01. The summed E-state index contributed by atoms with van der Waals surface area (Å²) in [5.41, 5.74) is 6.43. The van der Waals surface area contributed by atoms with Gasteiger partial charge in [0, 0.05) is 18.5 Å². The molecule has 0 unspecified atom stereocenters. The number of thiocarbonyl (C=S) groups is 1. The minimum absolute atomic E-state index is 0.276. The van der Waals surface area contributed by atoms with Crippen molar-refractivity contribution in [1.82, 2.24) is 14.5 Å². The van der Waals surface area contributed by atoms with E-state index in [0.717, 1.165) is 5.69 Å². The van der Waals surface area contributed by atoms with Gasteiger partial charge in [-0.1, -0.05) is 18.3 Å².